The van der Waals surface area contributed by atoms with Gasteiger partial charge in [-0.3, -0.25) is 4.79 Å². The van der Waals surface area contributed by atoms with E-state index in [2.05, 4.69) is 18.6 Å². The number of benzene rings is 1. The fourth-order valence-corrected chi connectivity index (χ4v) is 8.35. The van der Waals surface area contributed by atoms with E-state index in [1.165, 1.54) is 68.4 Å². The second-order valence-corrected chi connectivity index (χ2v) is 15.5. The molecule has 0 N–H and O–H groups in total. The van der Waals surface area contributed by atoms with Crippen molar-refractivity contribution in [3.05, 3.63) is 23.8 Å². The number of carbonyl (C=O) groups excluding carboxylic acids is 3. The minimum absolute atomic E-state index is 0.161. The van der Waals surface area contributed by atoms with Gasteiger partial charge in [-0.1, -0.05) is 49.8 Å². The van der Waals surface area contributed by atoms with Gasteiger partial charge >= 0.3 is 12.1 Å². The van der Waals surface area contributed by atoms with Crippen LogP contribution in [0.2, 0.25) is 0 Å². The van der Waals surface area contributed by atoms with Gasteiger partial charge in [0, 0.05) is 25.2 Å². The number of hydrogen-bond donors (Lipinski definition) is 0. The Morgan fingerprint density at radius 3 is 2.47 bits per heavy atom. The number of fused-ring (bicyclic) bond motifs is 2. The normalized spacial score (nSPS) is 22.7. The van der Waals surface area contributed by atoms with Gasteiger partial charge in [0.1, 0.15) is 22.4 Å². The molecule has 0 bridgehead atoms. The van der Waals surface area contributed by atoms with Gasteiger partial charge in [0.05, 0.1) is 6.61 Å². The molecule has 3 heterocycles. The Morgan fingerprint density at radius 1 is 1.09 bits per heavy atom. The van der Waals surface area contributed by atoms with Crippen molar-refractivity contribution in [2.75, 3.05) is 26.3 Å². The number of methoxy groups -OCH3 is 1. The summed E-state index contributed by atoms with van der Waals surface area (Å²) in [5.41, 5.74) is 1.17. The summed E-state index contributed by atoms with van der Waals surface area (Å²) in [6, 6.07) is 5.25. The van der Waals surface area contributed by atoms with Crippen LogP contribution < -0.4 is 9.47 Å². The number of carbonyl (C=O) groups is 3. The Morgan fingerprint density at radius 2 is 1.78 bits per heavy atom. The average molecular weight is 672 g/mol. The maximum absolute atomic E-state index is 12.4. The average Bonchev–Trinajstić information content (AvgIpc) is 3.54. The largest absolute Gasteiger partial charge is 0.616 e. The van der Waals surface area contributed by atoms with Gasteiger partial charge in [0.25, 0.3) is 5.91 Å². The molecule has 1 aromatic carbocycles. The lowest BCUT2D eigenvalue weighted by atomic mass is 9.97. The Balaban J connectivity index is 0.000000246. The van der Waals surface area contributed by atoms with Crippen molar-refractivity contribution in [3.8, 4) is 11.5 Å². The Labute approximate surface area is 274 Å². The quantitative estimate of drug-likeness (QED) is 0.0761. The van der Waals surface area contributed by atoms with Gasteiger partial charge in [-0.2, -0.15) is 0 Å². The number of hydrogen-bond acceptors (Lipinski definition) is 11. The summed E-state index contributed by atoms with van der Waals surface area (Å²) in [6.07, 6.45) is 5.77. The van der Waals surface area contributed by atoms with Crippen molar-refractivity contribution in [1.29, 1.82) is 0 Å². The van der Waals surface area contributed by atoms with E-state index >= 15 is 0 Å². The number of unbranched alkanes of at least 4 members (excludes halogenated alkanes) is 5. The molecule has 3 unspecified atom stereocenters. The summed E-state index contributed by atoms with van der Waals surface area (Å²) in [6.45, 7) is 11.5. The predicted octanol–water partition coefficient (Wildman–Crippen LogP) is 5.58. The minimum Gasteiger partial charge on any atom is -0.616 e. The van der Waals surface area contributed by atoms with Crippen LogP contribution in [0.25, 0.3) is 0 Å². The van der Waals surface area contributed by atoms with Crippen molar-refractivity contribution >= 4 is 41.0 Å². The third kappa shape index (κ3) is 10.1. The van der Waals surface area contributed by atoms with Crippen LogP contribution >= 0.6 is 11.8 Å². The molecule has 0 radical (unpaired) electrons. The number of ether oxygens (including phenoxy) is 6. The molecule has 0 aromatic heterocycles. The van der Waals surface area contributed by atoms with Crippen LogP contribution in [0.5, 0.6) is 11.5 Å². The molecule has 1 aromatic rings. The molecule has 2 fully saturated rings. The molecule has 0 spiro atoms. The number of nitrogens with zero attached hydrogens (tertiary/aromatic N) is 1. The molecular weight excluding hydrogens is 622 g/mol. The summed E-state index contributed by atoms with van der Waals surface area (Å²) in [7, 11) is 1.47. The highest BCUT2D eigenvalue weighted by Gasteiger charge is 2.64. The van der Waals surface area contributed by atoms with Crippen LogP contribution in [-0.2, 0) is 46.1 Å². The molecule has 4 rings (SSSR count). The molecule has 1 amide bonds. The zero-order valence-corrected chi connectivity index (χ0v) is 29.2. The van der Waals surface area contributed by atoms with E-state index in [0.29, 0.717) is 6.79 Å². The van der Waals surface area contributed by atoms with E-state index < -0.39 is 46.5 Å². The second-order valence-electron chi connectivity index (χ2n) is 11.8. The molecule has 11 nitrogen and oxygen atoms in total. The van der Waals surface area contributed by atoms with Crippen LogP contribution in [0.4, 0.5) is 4.79 Å². The van der Waals surface area contributed by atoms with Gasteiger partial charge in [-0.15, -0.1) is 11.8 Å². The first kappa shape index (κ1) is 37.1. The van der Waals surface area contributed by atoms with Gasteiger partial charge in [0.2, 0.25) is 13.1 Å². The van der Waals surface area contributed by atoms with Crippen molar-refractivity contribution < 1.29 is 47.4 Å². The second kappa shape index (κ2) is 17.5. The monoisotopic (exact) mass is 671 g/mol. The fourth-order valence-electron chi connectivity index (χ4n) is 5.43. The fraction of sp³-hybridized carbons (Fsp3) is 0.719. The van der Waals surface area contributed by atoms with E-state index in [1.807, 2.05) is 32.0 Å². The van der Waals surface area contributed by atoms with E-state index in [0.717, 1.165) is 30.1 Å². The first-order chi connectivity index (χ1) is 21.4. The van der Waals surface area contributed by atoms with Crippen LogP contribution in [0.1, 0.15) is 85.6 Å². The molecule has 13 heteroatoms. The molecule has 254 valence electrons. The number of β-lactam (4-membered cyclic amide) rings is 1. The highest BCUT2D eigenvalue weighted by atomic mass is 32.2. The van der Waals surface area contributed by atoms with Crippen LogP contribution in [0.15, 0.2) is 18.2 Å². The standard InChI is InChI=1S/C18H28O3S.C14H21NO7S/c1-3-4-5-6-7-8-11-22(19)15(2)12-16-9-10-17-18(13-16)21-14-20-17;1-6-20-13(18)22-7(2)21-12(17)9-14(3,4)23-11-8(19-5)10(16)15(9)11/h9-10,13,15H,3-8,11-12,14H2,1-2H3;7-9,11H,6H2,1-5H3/t;7?,8-,9+,11-/m.1/s1. The molecule has 0 saturated carbocycles. The number of amides is 1. The van der Waals surface area contributed by atoms with E-state index in [4.69, 9.17) is 23.7 Å². The Bertz CT molecular complexity index is 1140. The van der Waals surface area contributed by atoms with Gasteiger partial charge in [0.15, 0.2) is 17.6 Å². The zero-order chi connectivity index (χ0) is 33.1. The smallest absolute Gasteiger partial charge is 0.511 e. The van der Waals surface area contributed by atoms with Crippen LogP contribution in [0, 0.1) is 0 Å². The van der Waals surface area contributed by atoms with Crippen LogP contribution in [0.3, 0.4) is 0 Å². The van der Waals surface area contributed by atoms with Crippen molar-refractivity contribution in [3.63, 3.8) is 0 Å². The predicted molar refractivity (Wildman–Crippen MR) is 173 cm³/mol. The lowest BCUT2D eigenvalue weighted by molar-refractivity contribution is -0.186. The maximum atomic E-state index is 12.4. The van der Waals surface area contributed by atoms with Crippen molar-refractivity contribution in [1.82, 2.24) is 4.90 Å². The van der Waals surface area contributed by atoms with Crippen LogP contribution in [-0.4, -0.2) is 87.6 Å². The maximum Gasteiger partial charge on any atom is 0.511 e. The summed E-state index contributed by atoms with van der Waals surface area (Å²) in [5, 5.41) is -0.0163. The molecule has 0 aliphatic carbocycles. The first-order valence-electron chi connectivity index (χ1n) is 15.8. The van der Waals surface area contributed by atoms with E-state index in [9.17, 15) is 18.9 Å². The minimum atomic E-state index is -1.10. The third-order valence-electron chi connectivity index (χ3n) is 7.78. The topological polar surface area (TPSA) is 133 Å². The number of esters is 1. The molecule has 6 atom stereocenters. The zero-order valence-electron chi connectivity index (χ0n) is 27.5. The Hall–Kier alpha value is -2.35. The lowest BCUT2D eigenvalue weighted by Crippen LogP contribution is -2.66. The summed E-state index contributed by atoms with van der Waals surface area (Å²) >= 11 is 0.744. The Kier molecular flexibility index (Phi) is 14.5. The molecular formula is C32H49NO10S2. The van der Waals surface area contributed by atoms with E-state index in [1.54, 1.807) is 6.92 Å². The van der Waals surface area contributed by atoms with Gasteiger partial charge in [-0.05, 0) is 58.2 Å². The van der Waals surface area contributed by atoms with Gasteiger partial charge in [-0.25, -0.2) is 9.59 Å². The molecule has 45 heavy (non-hydrogen) atoms. The highest BCUT2D eigenvalue weighted by Crippen LogP contribution is 2.51. The molecule has 2 saturated heterocycles. The summed E-state index contributed by atoms with van der Waals surface area (Å²) in [5.74, 6) is 1.59. The molecule has 3 aliphatic heterocycles. The summed E-state index contributed by atoms with van der Waals surface area (Å²) < 4.78 is 42.2. The van der Waals surface area contributed by atoms with Crippen molar-refractivity contribution in [2.45, 2.75) is 120 Å². The number of rotatable bonds is 15. The van der Waals surface area contributed by atoms with Gasteiger partial charge < -0.3 is 37.9 Å². The lowest BCUT2D eigenvalue weighted by Gasteiger charge is -2.42. The SMILES string of the molecule is CCCCCCCC[S+]([O-])C(C)Cc1ccc2c(c1)OCO2.CCOC(=O)OC(C)OC(=O)[C@@H]1N2C(=O)[C@@H](OC)[C@H]2SC1(C)C. The third-order valence-corrected chi connectivity index (χ3v) is 11.1. The molecule has 3 aliphatic rings. The number of thioether (sulfide) groups is 1. The first-order valence-corrected chi connectivity index (χ1v) is 18.0. The highest BCUT2D eigenvalue weighted by molar-refractivity contribution is 8.01. The van der Waals surface area contributed by atoms with E-state index in [-0.39, 0.29) is 23.1 Å². The van der Waals surface area contributed by atoms with Crippen molar-refractivity contribution in [2.24, 2.45) is 0 Å². The summed E-state index contributed by atoms with van der Waals surface area (Å²) in [4.78, 5) is 37.2.